The smallest absolute Gasteiger partial charge is 0.240 e. The Bertz CT molecular complexity index is 1160. The molecule has 0 bridgehead atoms. The molecule has 8 nitrogen and oxygen atoms in total. The predicted octanol–water partition coefficient (Wildman–Crippen LogP) is 3.90. The van der Waals surface area contributed by atoms with Crippen LogP contribution in [-0.2, 0) is 10.0 Å². The number of nitrogens with zero attached hydrogens (tertiary/aromatic N) is 3. The average molecular weight is 470 g/mol. The van der Waals surface area contributed by atoms with Crippen molar-refractivity contribution in [1.29, 1.82) is 0 Å². The molecule has 1 heterocycles. The lowest BCUT2D eigenvalue weighted by molar-refractivity contribution is 0.131. The number of aromatic nitrogens is 2. The van der Waals surface area contributed by atoms with E-state index in [1.54, 1.807) is 30.5 Å². The molecular weight excluding hydrogens is 438 g/mol. The number of anilines is 2. The van der Waals surface area contributed by atoms with Crippen LogP contribution in [0.1, 0.15) is 20.8 Å². The largest absolute Gasteiger partial charge is 0.488 e. The van der Waals surface area contributed by atoms with E-state index in [1.807, 2.05) is 70.1 Å². The highest BCUT2D eigenvalue weighted by Crippen LogP contribution is 2.24. The Morgan fingerprint density at radius 3 is 2.24 bits per heavy atom. The third-order valence-corrected chi connectivity index (χ3v) is 5.98. The standard InChI is InChI=1S/C24H31N5O3S/c1-24(2,3)32-20-10-6-18(7-11-20)22-14-15-25-23(28-22)27-19-8-12-21(13-9-19)33(30,31)26-16-17-29(4)5/h6-15,26H,16-17H2,1-5H3,(H,25,27,28). The summed E-state index contributed by atoms with van der Waals surface area (Å²) in [5, 5.41) is 3.12. The zero-order valence-electron chi connectivity index (χ0n) is 19.7. The van der Waals surface area contributed by atoms with Gasteiger partial charge in [-0.1, -0.05) is 0 Å². The van der Waals surface area contributed by atoms with Crippen LogP contribution in [0.5, 0.6) is 5.75 Å². The molecule has 0 atom stereocenters. The van der Waals surface area contributed by atoms with Gasteiger partial charge in [-0.15, -0.1) is 0 Å². The molecule has 0 saturated carbocycles. The van der Waals surface area contributed by atoms with E-state index in [9.17, 15) is 8.42 Å². The molecule has 1 aromatic heterocycles. The summed E-state index contributed by atoms with van der Waals surface area (Å²) in [5.41, 5.74) is 2.13. The second kappa shape index (κ2) is 10.3. The van der Waals surface area contributed by atoms with E-state index < -0.39 is 10.0 Å². The van der Waals surface area contributed by atoms with Crippen molar-refractivity contribution in [1.82, 2.24) is 19.6 Å². The second-order valence-electron chi connectivity index (χ2n) is 8.85. The Kier molecular flexibility index (Phi) is 7.68. The lowest BCUT2D eigenvalue weighted by Gasteiger charge is -2.21. The van der Waals surface area contributed by atoms with Crippen LogP contribution in [-0.4, -0.2) is 56.1 Å². The Morgan fingerprint density at radius 1 is 0.970 bits per heavy atom. The average Bonchev–Trinajstić information content (AvgIpc) is 2.73. The van der Waals surface area contributed by atoms with Crippen LogP contribution in [0.4, 0.5) is 11.6 Å². The normalized spacial score (nSPS) is 12.1. The van der Waals surface area contributed by atoms with Gasteiger partial charge in [-0.2, -0.15) is 0 Å². The molecule has 0 aliphatic heterocycles. The number of sulfonamides is 1. The van der Waals surface area contributed by atoms with Crippen molar-refractivity contribution in [2.24, 2.45) is 0 Å². The Morgan fingerprint density at radius 2 is 1.64 bits per heavy atom. The van der Waals surface area contributed by atoms with Gasteiger partial charge in [-0.3, -0.25) is 0 Å². The molecule has 0 spiro atoms. The number of benzene rings is 2. The summed E-state index contributed by atoms with van der Waals surface area (Å²) in [7, 11) is 0.233. The Balaban J connectivity index is 1.68. The summed E-state index contributed by atoms with van der Waals surface area (Å²) in [6.45, 7) is 6.99. The van der Waals surface area contributed by atoms with Crippen LogP contribution in [0, 0.1) is 0 Å². The summed E-state index contributed by atoms with van der Waals surface area (Å²) < 4.78 is 33.3. The highest BCUT2D eigenvalue weighted by Gasteiger charge is 2.14. The fourth-order valence-corrected chi connectivity index (χ4v) is 3.98. The first-order valence-electron chi connectivity index (χ1n) is 10.7. The summed E-state index contributed by atoms with van der Waals surface area (Å²) in [5.74, 6) is 1.21. The number of ether oxygens (including phenoxy) is 1. The van der Waals surface area contributed by atoms with Gasteiger partial charge in [0.1, 0.15) is 11.4 Å². The van der Waals surface area contributed by atoms with E-state index in [4.69, 9.17) is 4.74 Å². The van der Waals surface area contributed by atoms with Crippen LogP contribution >= 0.6 is 0 Å². The number of likely N-dealkylation sites (N-methyl/N-ethyl adjacent to an activating group) is 1. The van der Waals surface area contributed by atoms with Gasteiger partial charge in [-0.25, -0.2) is 23.1 Å². The lowest BCUT2D eigenvalue weighted by Crippen LogP contribution is -2.31. The van der Waals surface area contributed by atoms with Crippen LogP contribution in [0.2, 0.25) is 0 Å². The maximum Gasteiger partial charge on any atom is 0.240 e. The third kappa shape index (κ3) is 7.52. The van der Waals surface area contributed by atoms with Crippen molar-refractivity contribution in [3.8, 4) is 17.0 Å². The zero-order chi connectivity index (χ0) is 24.1. The van der Waals surface area contributed by atoms with E-state index in [0.29, 0.717) is 24.7 Å². The number of rotatable bonds is 9. The van der Waals surface area contributed by atoms with E-state index in [2.05, 4.69) is 20.0 Å². The molecule has 0 amide bonds. The summed E-state index contributed by atoms with van der Waals surface area (Å²) in [4.78, 5) is 11.0. The summed E-state index contributed by atoms with van der Waals surface area (Å²) >= 11 is 0. The molecule has 0 saturated heterocycles. The van der Waals surface area contributed by atoms with Crippen LogP contribution in [0.15, 0.2) is 65.7 Å². The minimum absolute atomic E-state index is 0.207. The number of nitrogens with one attached hydrogen (secondary N) is 2. The molecule has 0 aliphatic rings. The highest BCUT2D eigenvalue weighted by molar-refractivity contribution is 7.89. The highest BCUT2D eigenvalue weighted by atomic mass is 32.2. The van der Waals surface area contributed by atoms with Crippen LogP contribution in [0.3, 0.4) is 0 Å². The molecule has 2 aromatic carbocycles. The maximum atomic E-state index is 12.4. The van der Waals surface area contributed by atoms with Gasteiger partial charge in [0.15, 0.2) is 0 Å². The maximum absolute atomic E-state index is 12.4. The van der Waals surface area contributed by atoms with Gasteiger partial charge < -0.3 is 15.0 Å². The van der Waals surface area contributed by atoms with Crippen molar-refractivity contribution in [2.75, 3.05) is 32.5 Å². The van der Waals surface area contributed by atoms with Gasteiger partial charge in [0.05, 0.1) is 10.6 Å². The van der Waals surface area contributed by atoms with Crippen molar-refractivity contribution < 1.29 is 13.2 Å². The minimum Gasteiger partial charge on any atom is -0.488 e. The first-order chi connectivity index (χ1) is 15.5. The lowest BCUT2D eigenvalue weighted by atomic mass is 10.1. The Labute approximate surface area is 196 Å². The first kappa shape index (κ1) is 24.6. The zero-order valence-corrected chi connectivity index (χ0v) is 20.5. The van der Waals surface area contributed by atoms with E-state index in [1.165, 1.54) is 0 Å². The molecule has 0 fully saturated rings. The SMILES string of the molecule is CN(C)CCNS(=O)(=O)c1ccc(Nc2nccc(-c3ccc(OC(C)(C)C)cc3)n2)cc1. The van der Waals surface area contributed by atoms with Gasteiger partial charge in [0.2, 0.25) is 16.0 Å². The predicted molar refractivity (Wildman–Crippen MR) is 131 cm³/mol. The van der Waals surface area contributed by atoms with Gasteiger partial charge in [0.25, 0.3) is 0 Å². The molecular formula is C24H31N5O3S. The molecule has 3 rings (SSSR count). The van der Waals surface area contributed by atoms with E-state index in [-0.39, 0.29) is 10.5 Å². The first-order valence-corrected chi connectivity index (χ1v) is 12.1. The van der Waals surface area contributed by atoms with Crippen molar-refractivity contribution >= 4 is 21.7 Å². The topological polar surface area (TPSA) is 96.5 Å². The summed E-state index contributed by atoms with van der Waals surface area (Å²) in [6, 6.07) is 16.1. The van der Waals surface area contributed by atoms with Gasteiger partial charge in [-0.05, 0) is 89.5 Å². The monoisotopic (exact) mass is 469 g/mol. The Hall–Kier alpha value is -3.01. The second-order valence-corrected chi connectivity index (χ2v) is 10.6. The molecule has 3 aromatic rings. The van der Waals surface area contributed by atoms with Crippen LogP contribution in [0.25, 0.3) is 11.3 Å². The molecule has 33 heavy (non-hydrogen) atoms. The minimum atomic E-state index is -3.55. The third-order valence-electron chi connectivity index (χ3n) is 4.50. The number of hydrogen-bond acceptors (Lipinski definition) is 7. The molecule has 2 N–H and O–H groups in total. The molecule has 0 aliphatic carbocycles. The van der Waals surface area contributed by atoms with E-state index in [0.717, 1.165) is 17.0 Å². The number of hydrogen-bond donors (Lipinski definition) is 2. The van der Waals surface area contributed by atoms with Gasteiger partial charge >= 0.3 is 0 Å². The fraction of sp³-hybridized carbons (Fsp3) is 0.333. The molecule has 0 radical (unpaired) electrons. The van der Waals surface area contributed by atoms with Crippen LogP contribution < -0.4 is 14.8 Å². The van der Waals surface area contributed by atoms with Crippen molar-refractivity contribution in [3.63, 3.8) is 0 Å². The molecule has 0 unspecified atom stereocenters. The fourth-order valence-electron chi connectivity index (χ4n) is 2.96. The quantitative estimate of drug-likeness (QED) is 0.490. The molecule has 9 heteroatoms. The summed E-state index contributed by atoms with van der Waals surface area (Å²) in [6.07, 6.45) is 1.68. The van der Waals surface area contributed by atoms with Crippen molar-refractivity contribution in [2.45, 2.75) is 31.3 Å². The molecule has 176 valence electrons. The van der Waals surface area contributed by atoms with Gasteiger partial charge in [0, 0.05) is 30.5 Å². The van der Waals surface area contributed by atoms with E-state index >= 15 is 0 Å². The van der Waals surface area contributed by atoms with Crippen molar-refractivity contribution in [3.05, 3.63) is 60.8 Å².